The molecule has 0 aliphatic carbocycles. The first-order valence-corrected chi connectivity index (χ1v) is 14.7. The van der Waals surface area contributed by atoms with Crippen molar-refractivity contribution >= 4 is 43.6 Å². The zero-order valence-electron chi connectivity index (χ0n) is 24.4. The van der Waals surface area contributed by atoms with E-state index in [1.807, 2.05) is 0 Å². The average molecular weight is 541 g/mol. The second-order valence-electron chi connectivity index (χ2n) is 11.8. The smallest absolute Gasteiger partial charge is 0.0541 e. The van der Waals surface area contributed by atoms with Crippen molar-refractivity contribution in [3.63, 3.8) is 0 Å². The van der Waals surface area contributed by atoms with Gasteiger partial charge in [-0.05, 0) is 112 Å². The Balaban J connectivity index is 1.36. The molecule has 2 aromatic heterocycles. The summed E-state index contributed by atoms with van der Waals surface area (Å²) in [5, 5.41) is 5.15. The van der Waals surface area contributed by atoms with E-state index in [9.17, 15) is 0 Å². The van der Waals surface area contributed by atoms with Gasteiger partial charge in [0.2, 0.25) is 0 Å². The van der Waals surface area contributed by atoms with E-state index in [1.165, 1.54) is 88.4 Å². The Morgan fingerprint density at radius 3 is 1.00 bits per heavy atom. The second-order valence-corrected chi connectivity index (χ2v) is 11.8. The molecule has 8 aromatic rings. The third-order valence-electron chi connectivity index (χ3n) is 8.76. The first kappa shape index (κ1) is 24.7. The largest absolute Gasteiger partial charge is 0.309 e. The number of aromatic nitrogens is 2. The molecule has 0 fully saturated rings. The molecule has 42 heavy (non-hydrogen) atoms. The number of hydrogen-bond donors (Lipinski definition) is 0. The van der Waals surface area contributed by atoms with Crippen molar-refractivity contribution in [2.24, 2.45) is 0 Å². The van der Waals surface area contributed by atoms with Crippen LogP contribution in [0.2, 0.25) is 0 Å². The zero-order valence-corrected chi connectivity index (χ0v) is 24.4. The lowest BCUT2D eigenvalue weighted by Gasteiger charge is -2.10. The second kappa shape index (κ2) is 9.22. The summed E-state index contributed by atoms with van der Waals surface area (Å²) >= 11 is 0. The molecule has 0 atom stereocenters. The van der Waals surface area contributed by atoms with Crippen molar-refractivity contribution in [3.8, 4) is 22.5 Å². The molecule has 0 amide bonds. The Morgan fingerprint density at radius 2 is 0.619 bits per heavy atom. The van der Waals surface area contributed by atoms with Crippen molar-refractivity contribution in [1.29, 1.82) is 0 Å². The fourth-order valence-electron chi connectivity index (χ4n) is 6.58. The van der Waals surface area contributed by atoms with Gasteiger partial charge in [-0.15, -0.1) is 0 Å². The lowest BCUT2D eigenvalue weighted by Crippen LogP contribution is -1.94. The minimum absolute atomic E-state index is 1.19. The van der Waals surface area contributed by atoms with E-state index < -0.39 is 0 Å². The van der Waals surface area contributed by atoms with Crippen LogP contribution in [0.4, 0.5) is 0 Å². The van der Waals surface area contributed by atoms with Crippen LogP contribution >= 0.6 is 0 Å². The number of hydrogen-bond acceptors (Lipinski definition) is 0. The van der Waals surface area contributed by atoms with E-state index in [4.69, 9.17) is 0 Å². The lowest BCUT2D eigenvalue weighted by molar-refractivity contribution is 1.17. The van der Waals surface area contributed by atoms with E-state index in [-0.39, 0.29) is 0 Å². The molecule has 0 saturated carbocycles. The van der Waals surface area contributed by atoms with Crippen molar-refractivity contribution < 1.29 is 0 Å². The first-order valence-electron chi connectivity index (χ1n) is 14.7. The number of rotatable bonds is 3. The van der Waals surface area contributed by atoms with Crippen LogP contribution in [-0.4, -0.2) is 9.13 Å². The summed E-state index contributed by atoms with van der Waals surface area (Å²) in [6.45, 7) is 8.64. The molecule has 8 rings (SSSR count). The van der Waals surface area contributed by atoms with Gasteiger partial charge in [0.15, 0.2) is 0 Å². The van der Waals surface area contributed by atoms with Crippen molar-refractivity contribution in [1.82, 2.24) is 9.13 Å². The minimum atomic E-state index is 1.19. The molecule has 0 N–H and O–H groups in total. The number of fused-ring (bicyclic) bond motifs is 6. The number of aryl methyl sites for hydroxylation is 4. The molecule has 202 valence electrons. The Labute approximate surface area is 246 Å². The maximum absolute atomic E-state index is 2.40. The van der Waals surface area contributed by atoms with Crippen LogP contribution in [-0.2, 0) is 0 Å². The summed E-state index contributed by atoms with van der Waals surface area (Å²) in [4.78, 5) is 0. The van der Waals surface area contributed by atoms with Gasteiger partial charge in [-0.25, -0.2) is 0 Å². The third kappa shape index (κ3) is 3.79. The molecule has 2 nitrogen and oxygen atoms in total. The van der Waals surface area contributed by atoms with Gasteiger partial charge in [-0.1, -0.05) is 70.8 Å². The Kier molecular flexibility index (Phi) is 5.42. The standard InChI is InChI=1S/C40H32N2/c1-25-5-13-31(14-6-25)41-37-17-9-27(3)21-33(37)35-23-29(11-19-39(35)41)30-12-20-40-36(24-30)34-22-28(4)10-18-38(34)42(40)32-15-7-26(2)8-16-32/h5-24H,1-4H3. The molecule has 0 saturated heterocycles. The maximum Gasteiger partial charge on any atom is 0.0541 e. The van der Waals surface area contributed by atoms with Gasteiger partial charge in [0, 0.05) is 32.9 Å². The molecule has 0 radical (unpaired) electrons. The monoisotopic (exact) mass is 540 g/mol. The van der Waals surface area contributed by atoms with Gasteiger partial charge in [-0.3, -0.25) is 0 Å². The van der Waals surface area contributed by atoms with Crippen LogP contribution in [0.25, 0.3) is 66.1 Å². The molecule has 0 bridgehead atoms. The highest BCUT2D eigenvalue weighted by molar-refractivity contribution is 6.13. The molecule has 6 aromatic carbocycles. The maximum atomic E-state index is 2.40. The highest BCUT2D eigenvalue weighted by Crippen LogP contribution is 2.38. The summed E-state index contributed by atoms with van der Waals surface area (Å²) in [7, 11) is 0. The third-order valence-corrected chi connectivity index (χ3v) is 8.76. The molecular formula is C40H32N2. The topological polar surface area (TPSA) is 9.86 Å². The van der Waals surface area contributed by atoms with Gasteiger partial charge in [0.25, 0.3) is 0 Å². The van der Waals surface area contributed by atoms with Crippen LogP contribution < -0.4 is 0 Å². The van der Waals surface area contributed by atoms with Gasteiger partial charge >= 0.3 is 0 Å². The molecule has 0 aliphatic heterocycles. The van der Waals surface area contributed by atoms with E-state index in [1.54, 1.807) is 0 Å². The zero-order chi connectivity index (χ0) is 28.5. The van der Waals surface area contributed by atoms with E-state index >= 15 is 0 Å². The van der Waals surface area contributed by atoms with E-state index in [0.29, 0.717) is 0 Å². The van der Waals surface area contributed by atoms with E-state index in [0.717, 1.165) is 0 Å². The Morgan fingerprint density at radius 1 is 0.310 bits per heavy atom. The van der Waals surface area contributed by atoms with Crippen molar-refractivity contribution in [2.45, 2.75) is 27.7 Å². The van der Waals surface area contributed by atoms with Crippen LogP contribution in [0.5, 0.6) is 0 Å². The van der Waals surface area contributed by atoms with Gasteiger partial charge in [0.1, 0.15) is 0 Å². The van der Waals surface area contributed by atoms with Crippen LogP contribution in [0.15, 0.2) is 121 Å². The van der Waals surface area contributed by atoms with Crippen LogP contribution in [0, 0.1) is 27.7 Å². The highest BCUT2D eigenvalue weighted by atomic mass is 15.0. The SMILES string of the molecule is Cc1ccc(-n2c3ccc(C)cc3c3cc(-c4ccc5c(c4)c4cc(C)ccc4n5-c4ccc(C)cc4)ccc32)cc1. The Hall–Kier alpha value is -5.08. The van der Waals surface area contributed by atoms with Crippen molar-refractivity contribution in [2.75, 3.05) is 0 Å². The predicted octanol–water partition coefficient (Wildman–Crippen LogP) is 10.8. The average Bonchev–Trinajstić information content (AvgIpc) is 3.49. The summed E-state index contributed by atoms with van der Waals surface area (Å²) in [5.74, 6) is 0. The number of nitrogens with zero attached hydrogens (tertiary/aromatic N) is 2. The summed E-state index contributed by atoms with van der Waals surface area (Å²) in [6.07, 6.45) is 0. The van der Waals surface area contributed by atoms with Gasteiger partial charge in [0.05, 0.1) is 22.1 Å². The Bertz CT molecular complexity index is 2140. The number of benzene rings is 6. The summed E-state index contributed by atoms with van der Waals surface area (Å²) in [6, 6.07) is 45.2. The highest BCUT2D eigenvalue weighted by Gasteiger charge is 2.16. The summed E-state index contributed by atoms with van der Waals surface area (Å²) in [5.41, 5.74) is 14.9. The molecule has 0 spiro atoms. The molecule has 0 aliphatic rings. The fourth-order valence-corrected chi connectivity index (χ4v) is 6.58. The van der Waals surface area contributed by atoms with Crippen LogP contribution in [0.3, 0.4) is 0 Å². The molecule has 0 unspecified atom stereocenters. The normalized spacial score (nSPS) is 11.8. The summed E-state index contributed by atoms with van der Waals surface area (Å²) < 4.78 is 4.79. The van der Waals surface area contributed by atoms with Gasteiger partial charge < -0.3 is 9.13 Å². The molecular weight excluding hydrogens is 508 g/mol. The van der Waals surface area contributed by atoms with Gasteiger partial charge in [-0.2, -0.15) is 0 Å². The van der Waals surface area contributed by atoms with E-state index in [2.05, 4.69) is 158 Å². The predicted molar refractivity (Wildman–Crippen MR) is 180 cm³/mol. The first-order chi connectivity index (χ1) is 20.4. The van der Waals surface area contributed by atoms with Crippen molar-refractivity contribution in [3.05, 3.63) is 144 Å². The fraction of sp³-hybridized carbons (Fsp3) is 0.100. The lowest BCUT2D eigenvalue weighted by atomic mass is 10.00. The van der Waals surface area contributed by atoms with Crippen LogP contribution in [0.1, 0.15) is 22.3 Å². The minimum Gasteiger partial charge on any atom is -0.309 e. The quantitative estimate of drug-likeness (QED) is 0.211. The molecule has 2 heterocycles. The molecule has 2 heteroatoms.